The van der Waals surface area contributed by atoms with E-state index < -0.39 is 27.2 Å². The van der Waals surface area contributed by atoms with E-state index in [1.165, 1.54) is 14.1 Å². The second kappa shape index (κ2) is 5.88. The second-order valence-corrected chi connectivity index (χ2v) is 6.86. The molecule has 0 saturated carbocycles. The Morgan fingerprint density at radius 1 is 1.23 bits per heavy atom. The number of nitrogens with one attached hydrogen (secondary N) is 1. The van der Waals surface area contributed by atoms with Gasteiger partial charge in [0.15, 0.2) is 0 Å². The van der Waals surface area contributed by atoms with Gasteiger partial charge >= 0.3 is 11.9 Å². The molecule has 0 spiro atoms. The number of urea groups is 1. The van der Waals surface area contributed by atoms with Gasteiger partial charge < -0.3 is 0 Å². The number of nitrogens with zero attached hydrogens (tertiary/aromatic N) is 2. The van der Waals surface area contributed by atoms with Gasteiger partial charge in [-0.25, -0.2) is 17.8 Å². The summed E-state index contributed by atoms with van der Waals surface area (Å²) in [6.45, 7) is 2.00. The Kier molecular flexibility index (Phi) is 4.32. The summed E-state index contributed by atoms with van der Waals surface area (Å²) >= 11 is 0. The monoisotopic (exact) mass is 324 g/mol. The van der Waals surface area contributed by atoms with Crippen molar-refractivity contribution in [1.29, 1.82) is 0 Å². The van der Waals surface area contributed by atoms with Crippen LogP contribution in [0.25, 0.3) is 0 Å². The topological polar surface area (TPSA) is 86.6 Å². The molecule has 3 amide bonds. The van der Waals surface area contributed by atoms with Gasteiger partial charge in [0.25, 0.3) is 10.0 Å². The van der Waals surface area contributed by atoms with E-state index in [4.69, 9.17) is 0 Å². The summed E-state index contributed by atoms with van der Waals surface area (Å²) < 4.78 is 28.2. The van der Waals surface area contributed by atoms with Crippen LogP contribution in [0, 0.1) is 0 Å². The molecule has 1 aliphatic heterocycles. The molecule has 0 radical (unpaired) electrons. The Hall–Kier alpha value is -2.22. The predicted molar refractivity (Wildman–Crippen MR) is 82.6 cm³/mol. The van der Waals surface area contributed by atoms with Gasteiger partial charge in [0.05, 0.1) is 14.1 Å². The fourth-order valence-electron chi connectivity index (χ4n) is 2.10. The molecule has 8 heteroatoms. The minimum Gasteiger partial charge on any atom is -0.282 e. The molecule has 1 N–H and O–H groups in total. The fourth-order valence-corrected chi connectivity index (χ4v) is 3.46. The van der Waals surface area contributed by atoms with Crippen molar-refractivity contribution in [2.24, 2.45) is 0 Å². The van der Waals surface area contributed by atoms with Crippen LogP contribution < -0.4 is 4.72 Å². The number of amides is 3. The van der Waals surface area contributed by atoms with Crippen LogP contribution in [0.2, 0.25) is 0 Å². The third-order valence-corrected chi connectivity index (χ3v) is 4.99. The molecular formula is C14H18N3O4S+. The van der Waals surface area contributed by atoms with Crippen molar-refractivity contribution >= 4 is 33.9 Å². The van der Waals surface area contributed by atoms with Crippen LogP contribution in [0.4, 0.5) is 10.5 Å². The molecule has 2 rings (SSSR count). The lowest BCUT2D eigenvalue weighted by atomic mass is 10.2. The first-order valence-corrected chi connectivity index (χ1v) is 8.31. The van der Waals surface area contributed by atoms with Gasteiger partial charge in [-0.2, -0.15) is 9.69 Å². The maximum atomic E-state index is 12.4. The van der Waals surface area contributed by atoms with Gasteiger partial charge in [0, 0.05) is 5.69 Å². The summed E-state index contributed by atoms with van der Waals surface area (Å²) in [6.07, 6.45) is 1.95. The Labute approximate surface area is 129 Å². The van der Waals surface area contributed by atoms with Crippen molar-refractivity contribution in [2.75, 3.05) is 18.8 Å². The SMILES string of the molecule is CCc1ccc(NS(=O)(=O)C2C=[N+](C)C(=O)N(C)C2=O)cc1. The normalized spacial score (nSPS) is 19.1. The average Bonchev–Trinajstić information content (AvgIpc) is 2.49. The molecule has 0 fully saturated rings. The van der Waals surface area contributed by atoms with Crippen LogP contribution in [0.3, 0.4) is 0 Å². The highest BCUT2D eigenvalue weighted by molar-refractivity contribution is 7.94. The fraction of sp³-hybridized carbons (Fsp3) is 0.357. The van der Waals surface area contributed by atoms with Crippen molar-refractivity contribution in [3.63, 3.8) is 0 Å². The molecule has 1 aromatic rings. The largest absolute Gasteiger partial charge is 0.500 e. The molecule has 1 unspecified atom stereocenters. The Bertz CT molecular complexity index is 738. The zero-order valence-corrected chi connectivity index (χ0v) is 13.4. The summed E-state index contributed by atoms with van der Waals surface area (Å²) in [5.41, 5.74) is 1.45. The van der Waals surface area contributed by atoms with Crippen molar-refractivity contribution in [3.8, 4) is 0 Å². The third kappa shape index (κ3) is 3.01. The first kappa shape index (κ1) is 16.2. The Balaban J connectivity index is 2.29. The van der Waals surface area contributed by atoms with Gasteiger partial charge in [-0.3, -0.25) is 4.72 Å². The van der Waals surface area contributed by atoms with E-state index in [1.807, 2.05) is 19.1 Å². The van der Waals surface area contributed by atoms with E-state index in [9.17, 15) is 18.0 Å². The van der Waals surface area contributed by atoms with E-state index in [0.29, 0.717) is 5.69 Å². The zero-order chi connectivity index (χ0) is 16.5. The van der Waals surface area contributed by atoms with Crippen LogP contribution in [-0.2, 0) is 21.2 Å². The first-order chi connectivity index (χ1) is 10.3. The quantitative estimate of drug-likeness (QED) is 0.825. The minimum absolute atomic E-state index is 0.376. The number of aryl methyl sites for hydroxylation is 1. The number of rotatable bonds is 4. The molecule has 0 aromatic heterocycles. The molecule has 22 heavy (non-hydrogen) atoms. The maximum Gasteiger partial charge on any atom is 0.500 e. The van der Waals surface area contributed by atoms with Crippen LogP contribution in [0.5, 0.6) is 0 Å². The van der Waals surface area contributed by atoms with Gasteiger partial charge in [0.2, 0.25) is 5.25 Å². The minimum atomic E-state index is -3.99. The molecule has 0 saturated heterocycles. The molecule has 1 aliphatic rings. The summed E-state index contributed by atoms with van der Waals surface area (Å²) in [4.78, 5) is 24.5. The molecular weight excluding hydrogens is 306 g/mol. The summed E-state index contributed by atoms with van der Waals surface area (Å²) in [5, 5.41) is -1.44. The zero-order valence-electron chi connectivity index (χ0n) is 12.6. The smallest absolute Gasteiger partial charge is 0.282 e. The molecule has 118 valence electrons. The lowest BCUT2D eigenvalue weighted by Crippen LogP contribution is -2.54. The van der Waals surface area contributed by atoms with Crippen molar-refractivity contribution in [2.45, 2.75) is 18.6 Å². The number of hydrogen-bond donors (Lipinski definition) is 1. The number of imide groups is 1. The van der Waals surface area contributed by atoms with E-state index in [2.05, 4.69) is 4.72 Å². The number of anilines is 1. The van der Waals surface area contributed by atoms with Crippen molar-refractivity contribution < 1.29 is 22.6 Å². The van der Waals surface area contributed by atoms with Crippen molar-refractivity contribution in [3.05, 3.63) is 29.8 Å². The molecule has 0 aliphatic carbocycles. The lowest BCUT2D eigenvalue weighted by molar-refractivity contribution is -0.399. The number of carbonyl (C=O) groups is 2. The number of carbonyl (C=O) groups excluding carboxylic acids is 2. The molecule has 7 nitrogen and oxygen atoms in total. The molecule has 1 aromatic carbocycles. The molecule has 1 heterocycles. The van der Waals surface area contributed by atoms with Gasteiger partial charge in [0.1, 0.15) is 6.21 Å². The highest BCUT2D eigenvalue weighted by Gasteiger charge is 2.46. The third-order valence-electron chi connectivity index (χ3n) is 3.48. The van der Waals surface area contributed by atoms with E-state index in [1.54, 1.807) is 12.1 Å². The lowest BCUT2D eigenvalue weighted by Gasteiger charge is -2.20. The number of hydrogen-bond acceptors (Lipinski definition) is 4. The highest BCUT2D eigenvalue weighted by Crippen LogP contribution is 2.16. The number of sulfonamides is 1. The molecule has 0 bridgehead atoms. The van der Waals surface area contributed by atoms with E-state index in [0.717, 1.165) is 27.7 Å². The average molecular weight is 324 g/mol. The van der Waals surface area contributed by atoms with Crippen LogP contribution in [0.1, 0.15) is 12.5 Å². The van der Waals surface area contributed by atoms with Gasteiger partial charge in [-0.15, -0.1) is 0 Å². The number of benzene rings is 1. The Morgan fingerprint density at radius 3 is 2.36 bits per heavy atom. The van der Waals surface area contributed by atoms with E-state index in [-0.39, 0.29) is 0 Å². The van der Waals surface area contributed by atoms with Crippen LogP contribution in [-0.4, -0.2) is 55.4 Å². The highest BCUT2D eigenvalue weighted by atomic mass is 32.2. The van der Waals surface area contributed by atoms with Crippen LogP contribution in [0.15, 0.2) is 24.3 Å². The van der Waals surface area contributed by atoms with Gasteiger partial charge in [-0.1, -0.05) is 19.1 Å². The van der Waals surface area contributed by atoms with Crippen LogP contribution >= 0.6 is 0 Å². The van der Waals surface area contributed by atoms with Gasteiger partial charge in [-0.05, 0) is 24.1 Å². The second-order valence-electron chi connectivity index (χ2n) is 5.06. The molecule has 1 atom stereocenters. The summed E-state index contributed by atoms with van der Waals surface area (Å²) in [6, 6.07) is 6.34. The van der Waals surface area contributed by atoms with E-state index >= 15 is 0 Å². The van der Waals surface area contributed by atoms with Crippen molar-refractivity contribution in [1.82, 2.24) is 4.90 Å². The predicted octanol–water partition coefficient (Wildman–Crippen LogP) is 0.664. The Morgan fingerprint density at radius 2 is 1.82 bits per heavy atom. The standard InChI is InChI=1S/C14H18N3O4S/c1-4-10-5-7-11(8-6-10)15-22(20,21)12-9-16(2)14(19)17(3)13(12)18/h5-9,12,15H,4H2,1-3H3/q+1. The first-order valence-electron chi connectivity index (χ1n) is 6.76. The maximum absolute atomic E-state index is 12.4. The summed E-state index contributed by atoms with van der Waals surface area (Å²) in [5.74, 6) is -0.777. The summed E-state index contributed by atoms with van der Waals surface area (Å²) in [7, 11) is -1.32.